The lowest BCUT2D eigenvalue weighted by atomic mass is 9.85. The first-order valence-electron chi connectivity index (χ1n) is 6.56. The summed E-state index contributed by atoms with van der Waals surface area (Å²) in [4.78, 5) is 18.2. The van der Waals surface area contributed by atoms with E-state index < -0.39 is 5.97 Å². The molecule has 1 N–H and O–H groups in total. The van der Waals surface area contributed by atoms with E-state index in [-0.39, 0.29) is 0 Å². The Balaban J connectivity index is 2.11. The number of thiazole rings is 1. The molecule has 4 nitrogen and oxygen atoms in total. The number of carbonyl (C=O) groups is 1. The van der Waals surface area contributed by atoms with Crippen molar-refractivity contribution in [3.63, 3.8) is 0 Å². The monoisotopic (exact) mass is 268 g/mol. The molecule has 1 aromatic rings. The maximum atomic E-state index is 11.2. The van der Waals surface area contributed by atoms with Gasteiger partial charge in [0.25, 0.3) is 0 Å². The molecule has 1 aliphatic carbocycles. The van der Waals surface area contributed by atoms with Crippen LogP contribution in [0.4, 0.5) is 5.13 Å². The van der Waals surface area contributed by atoms with Gasteiger partial charge in [-0.1, -0.05) is 31.1 Å². The number of aromatic nitrogens is 1. The van der Waals surface area contributed by atoms with E-state index in [4.69, 9.17) is 0 Å². The lowest BCUT2D eigenvalue weighted by molar-refractivity contribution is 0.0700. The van der Waals surface area contributed by atoms with Gasteiger partial charge in [0.05, 0.1) is 5.69 Å². The van der Waals surface area contributed by atoms with Crippen LogP contribution in [0.25, 0.3) is 0 Å². The topological polar surface area (TPSA) is 53.4 Å². The minimum Gasteiger partial charge on any atom is -0.477 e. The summed E-state index contributed by atoms with van der Waals surface area (Å²) in [6.07, 6.45) is 5.59. The molecule has 1 aliphatic rings. The average Bonchev–Trinajstić information content (AvgIpc) is 2.68. The second kappa shape index (κ2) is 5.69. The molecular weight excluding hydrogens is 248 g/mol. The molecule has 0 unspecified atom stereocenters. The van der Waals surface area contributed by atoms with Crippen molar-refractivity contribution < 1.29 is 9.90 Å². The van der Waals surface area contributed by atoms with E-state index in [2.05, 4.69) is 9.88 Å². The van der Waals surface area contributed by atoms with Gasteiger partial charge in [0.1, 0.15) is 4.88 Å². The highest BCUT2D eigenvalue weighted by Gasteiger charge is 2.23. The third-order valence-electron chi connectivity index (χ3n) is 3.45. The number of carboxylic acids is 1. The molecule has 0 bridgehead atoms. The molecular formula is C13H20N2O2S. The first-order chi connectivity index (χ1) is 8.61. The van der Waals surface area contributed by atoms with Gasteiger partial charge in [0.15, 0.2) is 5.13 Å². The van der Waals surface area contributed by atoms with Gasteiger partial charge < -0.3 is 10.0 Å². The van der Waals surface area contributed by atoms with Crippen LogP contribution in [0.1, 0.15) is 48.0 Å². The highest BCUT2D eigenvalue weighted by molar-refractivity contribution is 7.17. The summed E-state index contributed by atoms with van der Waals surface area (Å²) in [5.74, 6) is -0.0824. The van der Waals surface area contributed by atoms with Gasteiger partial charge in [-0.3, -0.25) is 0 Å². The highest BCUT2D eigenvalue weighted by Crippen LogP contribution is 2.31. The summed E-state index contributed by atoms with van der Waals surface area (Å²) < 4.78 is 0. The van der Waals surface area contributed by atoms with Crippen LogP contribution in [-0.4, -0.2) is 29.7 Å². The maximum absolute atomic E-state index is 11.2. The number of carboxylic acid groups (broad SMARTS) is 1. The van der Waals surface area contributed by atoms with Crippen LogP contribution >= 0.6 is 11.3 Å². The molecule has 1 heterocycles. The van der Waals surface area contributed by atoms with Gasteiger partial charge in [0, 0.05) is 13.6 Å². The summed E-state index contributed by atoms with van der Waals surface area (Å²) in [5.41, 5.74) is 0.741. The van der Waals surface area contributed by atoms with Crippen LogP contribution in [-0.2, 0) is 6.42 Å². The molecule has 1 saturated carbocycles. The van der Waals surface area contributed by atoms with Crippen LogP contribution in [0, 0.1) is 5.92 Å². The van der Waals surface area contributed by atoms with Crippen molar-refractivity contribution in [2.45, 2.75) is 39.0 Å². The molecule has 0 aromatic carbocycles. The summed E-state index contributed by atoms with van der Waals surface area (Å²) >= 11 is 1.31. The van der Waals surface area contributed by atoms with Gasteiger partial charge in [-0.25, -0.2) is 9.78 Å². The van der Waals surface area contributed by atoms with Crippen LogP contribution in [0.5, 0.6) is 0 Å². The molecule has 18 heavy (non-hydrogen) atoms. The predicted octanol–water partition coefficient (Wildman–Crippen LogP) is 3.03. The van der Waals surface area contributed by atoms with Crippen molar-refractivity contribution in [2.75, 3.05) is 18.5 Å². The van der Waals surface area contributed by atoms with Crippen molar-refractivity contribution in [3.8, 4) is 0 Å². The zero-order valence-corrected chi connectivity index (χ0v) is 11.8. The van der Waals surface area contributed by atoms with Crippen LogP contribution in [0.3, 0.4) is 0 Å². The van der Waals surface area contributed by atoms with Crippen LogP contribution in [0.15, 0.2) is 0 Å². The standard InChI is InChI=1S/C13H20N2O2S/c1-3-5-10-11(12(16)17)18-13(14-10)15(2)8-9-6-4-7-9/h9H,3-8H2,1-2H3,(H,16,17). The molecule has 0 aliphatic heterocycles. The fourth-order valence-electron chi connectivity index (χ4n) is 2.22. The van der Waals surface area contributed by atoms with Crippen LogP contribution in [0.2, 0.25) is 0 Å². The third kappa shape index (κ3) is 2.83. The molecule has 1 fully saturated rings. The Morgan fingerprint density at radius 2 is 2.28 bits per heavy atom. The Kier molecular flexibility index (Phi) is 4.22. The molecule has 0 atom stereocenters. The molecule has 1 aromatic heterocycles. The van der Waals surface area contributed by atoms with Crippen molar-refractivity contribution in [3.05, 3.63) is 10.6 Å². The fraction of sp³-hybridized carbons (Fsp3) is 0.692. The SMILES string of the molecule is CCCc1nc(N(C)CC2CCC2)sc1C(=O)O. The second-order valence-electron chi connectivity index (χ2n) is 5.00. The second-order valence-corrected chi connectivity index (χ2v) is 5.98. The molecule has 0 spiro atoms. The predicted molar refractivity (Wildman–Crippen MR) is 73.7 cm³/mol. The Hall–Kier alpha value is -1.10. The molecule has 5 heteroatoms. The van der Waals surface area contributed by atoms with Crippen molar-refractivity contribution in [1.29, 1.82) is 0 Å². The molecule has 2 rings (SSSR count). The van der Waals surface area contributed by atoms with Crippen molar-refractivity contribution in [2.24, 2.45) is 5.92 Å². The number of aromatic carboxylic acids is 1. The Morgan fingerprint density at radius 1 is 1.56 bits per heavy atom. The van der Waals surface area contributed by atoms with Crippen molar-refractivity contribution in [1.82, 2.24) is 4.98 Å². The van der Waals surface area contributed by atoms with Gasteiger partial charge in [-0.2, -0.15) is 0 Å². The van der Waals surface area contributed by atoms with E-state index >= 15 is 0 Å². The quantitative estimate of drug-likeness (QED) is 0.861. The number of hydrogen-bond acceptors (Lipinski definition) is 4. The number of rotatable bonds is 6. The first-order valence-corrected chi connectivity index (χ1v) is 7.37. The lowest BCUT2D eigenvalue weighted by Crippen LogP contribution is -2.29. The summed E-state index contributed by atoms with van der Waals surface area (Å²) in [5, 5.41) is 10.0. The molecule has 0 saturated heterocycles. The largest absolute Gasteiger partial charge is 0.477 e. The first kappa shape index (κ1) is 13.3. The Bertz CT molecular complexity index is 427. The number of nitrogens with zero attached hydrogens (tertiary/aromatic N) is 2. The molecule has 0 radical (unpaired) electrons. The average molecular weight is 268 g/mol. The number of aryl methyl sites for hydroxylation is 1. The fourth-order valence-corrected chi connectivity index (χ4v) is 3.14. The van der Waals surface area contributed by atoms with E-state index in [0.29, 0.717) is 4.88 Å². The minimum absolute atomic E-state index is 0.410. The van der Waals surface area contributed by atoms with E-state index in [9.17, 15) is 9.90 Å². The smallest absolute Gasteiger partial charge is 0.347 e. The van der Waals surface area contributed by atoms with Gasteiger partial charge in [0.2, 0.25) is 0 Å². The number of hydrogen-bond donors (Lipinski definition) is 1. The number of anilines is 1. The zero-order valence-electron chi connectivity index (χ0n) is 11.0. The van der Waals surface area contributed by atoms with Gasteiger partial charge in [-0.05, 0) is 25.2 Å². The highest BCUT2D eigenvalue weighted by atomic mass is 32.1. The van der Waals surface area contributed by atoms with E-state index in [1.165, 1.54) is 30.6 Å². The maximum Gasteiger partial charge on any atom is 0.347 e. The summed E-state index contributed by atoms with van der Waals surface area (Å²) in [7, 11) is 2.01. The van der Waals surface area contributed by atoms with Gasteiger partial charge >= 0.3 is 5.97 Å². The lowest BCUT2D eigenvalue weighted by Gasteiger charge is -2.29. The third-order valence-corrected chi connectivity index (χ3v) is 4.65. The minimum atomic E-state index is -0.848. The Labute approximate surface area is 112 Å². The van der Waals surface area contributed by atoms with E-state index in [0.717, 1.165) is 36.1 Å². The zero-order chi connectivity index (χ0) is 13.1. The summed E-state index contributed by atoms with van der Waals surface area (Å²) in [6, 6.07) is 0. The van der Waals surface area contributed by atoms with Gasteiger partial charge in [-0.15, -0.1) is 0 Å². The van der Waals surface area contributed by atoms with E-state index in [1.54, 1.807) is 0 Å². The normalized spacial score (nSPS) is 15.4. The van der Waals surface area contributed by atoms with Crippen molar-refractivity contribution >= 4 is 22.4 Å². The van der Waals surface area contributed by atoms with E-state index in [1.807, 2.05) is 14.0 Å². The Morgan fingerprint density at radius 3 is 2.78 bits per heavy atom. The summed E-state index contributed by atoms with van der Waals surface area (Å²) in [6.45, 7) is 3.04. The molecule has 100 valence electrons. The van der Waals surface area contributed by atoms with Crippen LogP contribution < -0.4 is 4.90 Å². The molecule has 0 amide bonds.